The molecule has 0 atom stereocenters. The quantitative estimate of drug-likeness (QED) is 0.577. The second kappa shape index (κ2) is 7.93. The van der Waals surface area contributed by atoms with Gasteiger partial charge in [0.2, 0.25) is 11.8 Å². The molecule has 2 aromatic heterocycles. The fourth-order valence-electron chi connectivity index (χ4n) is 4.78. The second-order valence-electron chi connectivity index (χ2n) is 8.54. The van der Waals surface area contributed by atoms with Crippen LogP contribution in [0.1, 0.15) is 36.0 Å². The summed E-state index contributed by atoms with van der Waals surface area (Å²) in [5.74, 6) is 0.390. The van der Waals surface area contributed by atoms with Gasteiger partial charge in [-0.3, -0.25) is 4.79 Å². The van der Waals surface area contributed by atoms with Gasteiger partial charge in [0.15, 0.2) is 5.69 Å². The third kappa shape index (κ3) is 3.73. The first-order valence-electron chi connectivity index (χ1n) is 10.5. The van der Waals surface area contributed by atoms with Crippen molar-refractivity contribution in [1.29, 1.82) is 0 Å². The van der Waals surface area contributed by atoms with Crippen molar-refractivity contribution >= 4 is 17.5 Å². The molecule has 8 heteroatoms. The van der Waals surface area contributed by atoms with Crippen LogP contribution in [-0.2, 0) is 0 Å². The Balaban J connectivity index is 1.13. The van der Waals surface area contributed by atoms with Crippen molar-refractivity contribution in [3.8, 4) is 17.0 Å². The number of amides is 1. The summed E-state index contributed by atoms with van der Waals surface area (Å²) in [5.41, 5.74) is 8.25. The number of hydrogen-bond acceptors (Lipinski definition) is 6. The maximum Gasteiger partial charge on any atom is 0.254 e. The van der Waals surface area contributed by atoms with Crippen LogP contribution in [0.3, 0.4) is 0 Å². The number of nitrogens with one attached hydrogen (secondary N) is 1. The van der Waals surface area contributed by atoms with Gasteiger partial charge in [0.05, 0.1) is 6.57 Å². The average Bonchev–Trinajstić information content (AvgIpc) is 2.77. The standard InChI is InChI=1S/C24H22N6O2/c1-26-20-7-3-2-5-18(20)15-13-28-23(29-14-15)30-16-9-24(10-16)11-17(12-24)32-22-19(21(25)31)6-4-8-27-22/h2-8,13-14,16-17H,9-12H2,(H2,25,31)(H,28,29,30). The molecule has 0 bridgehead atoms. The van der Waals surface area contributed by atoms with Crippen LogP contribution in [0.4, 0.5) is 11.6 Å². The third-order valence-electron chi connectivity index (χ3n) is 6.32. The number of hydrogen-bond donors (Lipinski definition) is 2. The Labute approximate surface area is 185 Å². The first kappa shape index (κ1) is 19.9. The molecule has 2 aliphatic carbocycles. The molecule has 2 heterocycles. The van der Waals surface area contributed by atoms with E-state index in [0.29, 0.717) is 29.1 Å². The van der Waals surface area contributed by atoms with Crippen molar-refractivity contribution in [3.05, 3.63) is 72.0 Å². The molecule has 160 valence electrons. The summed E-state index contributed by atoms with van der Waals surface area (Å²) in [7, 11) is 0. The van der Waals surface area contributed by atoms with Gasteiger partial charge in [0, 0.05) is 30.2 Å². The molecule has 0 aliphatic heterocycles. The SMILES string of the molecule is [C-]#[N+]c1ccccc1-c1cnc(NC2CC3(C2)CC(Oc2ncccc2C(N)=O)C3)nc1. The maximum absolute atomic E-state index is 11.5. The van der Waals surface area contributed by atoms with E-state index in [1.165, 1.54) is 0 Å². The highest BCUT2D eigenvalue weighted by atomic mass is 16.5. The van der Waals surface area contributed by atoms with Crippen molar-refractivity contribution in [2.75, 3.05) is 5.32 Å². The molecule has 1 amide bonds. The van der Waals surface area contributed by atoms with Crippen LogP contribution in [0, 0.1) is 12.0 Å². The van der Waals surface area contributed by atoms with Crippen molar-refractivity contribution in [2.24, 2.45) is 11.1 Å². The molecule has 0 saturated heterocycles. The van der Waals surface area contributed by atoms with Crippen LogP contribution >= 0.6 is 0 Å². The fourth-order valence-corrected chi connectivity index (χ4v) is 4.78. The van der Waals surface area contributed by atoms with Gasteiger partial charge < -0.3 is 15.8 Å². The van der Waals surface area contributed by atoms with E-state index >= 15 is 0 Å². The Morgan fingerprint density at radius 1 is 1.09 bits per heavy atom. The molecule has 32 heavy (non-hydrogen) atoms. The average molecular weight is 426 g/mol. The number of ether oxygens (including phenoxy) is 1. The van der Waals surface area contributed by atoms with Gasteiger partial charge in [-0.05, 0) is 48.8 Å². The van der Waals surface area contributed by atoms with Gasteiger partial charge >= 0.3 is 0 Å². The molecule has 1 spiro atoms. The van der Waals surface area contributed by atoms with E-state index in [2.05, 4.69) is 25.1 Å². The topological polar surface area (TPSA) is 107 Å². The van der Waals surface area contributed by atoms with Gasteiger partial charge in [-0.25, -0.2) is 19.8 Å². The summed E-state index contributed by atoms with van der Waals surface area (Å²) < 4.78 is 5.92. The predicted molar refractivity (Wildman–Crippen MR) is 119 cm³/mol. The minimum absolute atomic E-state index is 0.0574. The number of benzene rings is 1. The number of rotatable bonds is 6. The second-order valence-corrected chi connectivity index (χ2v) is 8.54. The Bertz CT molecular complexity index is 1190. The van der Waals surface area contributed by atoms with Crippen LogP contribution < -0.4 is 15.8 Å². The number of para-hydroxylation sites is 1. The molecule has 2 aliphatic rings. The summed E-state index contributed by atoms with van der Waals surface area (Å²) in [6, 6.07) is 11.1. The van der Waals surface area contributed by atoms with Crippen LogP contribution in [0.15, 0.2) is 55.0 Å². The maximum atomic E-state index is 11.5. The molecule has 5 rings (SSSR count). The van der Waals surface area contributed by atoms with Crippen molar-refractivity contribution in [2.45, 2.75) is 37.8 Å². The highest BCUT2D eigenvalue weighted by Gasteiger charge is 2.54. The Hall–Kier alpha value is -3.99. The van der Waals surface area contributed by atoms with Gasteiger partial charge in [-0.1, -0.05) is 24.3 Å². The number of pyridine rings is 1. The fraction of sp³-hybridized carbons (Fsp3) is 0.292. The molecule has 8 nitrogen and oxygen atoms in total. The molecule has 3 aromatic rings. The first-order valence-corrected chi connectivity index (χ1v) is 10.5. The Morgan fingerprint density at radius 2 is 1.84 bits per heavy atom. The van der Waals surface area contributed by atoms with Crippen LogP contribution in [0.5, 0.6) is 5.88 Å². The largest absolute Gasteiger partial charge is 0.474 e. The monoisotopic (exact) mass is 426 g/mol. The lowest BCUT2D eigenvalue weighted by atomic mass is 9.53. The summed E-state index contributed by atoms with van der Waals surface area (Å²) in [6.07, 6.45) is 9.11. The van der Waals surface area contributed by atoms with Crippen molar-refractivity contribution in [1.82, 2.24) is 15.0 Å². The van der Waals surface area contributed by atoms with E-state index in [0.717, 1.165) is 36.8 Å². The summed E-state index contributed by atoms with van der Waals surface area (Å²) in [4.78, 5) is 28.1. The minimum Gasteiger partial charge on any atom is -0.474 e. The van der Waals surface area contributed by atoms with Crippen LogP contribution in [0.25, 0.3) is 16.0 Å². The number of primary amides is 1. The van der Waals surface area contributed by atoms with Crippen molar-refractivity contribution in [3.63, 3.8) is 0 Å². The summed E-state index contributed by atoms with van der Waals surface area (Å²) >= 11 is 0. The van der Waals surface area contributed by atoms with Gasteiger partial charge in [-0.2, -0.15) is 0 Å². The molecule has 0 radical (unpaired) electrons. The first-order chi connectivity index (χ1) is 15.5. The molecule has 3 N–H and O–H groups in total. The predicted octanol–water partition coefficient (Wildman–Crippen LogP) is 3.99. The molecular formula is C24H22N6O2. The molecule has 2 saturated carbocycles. The van der Waals surface area contributed by atoms with E-state index in [1.807, 2.05) is 18.2 Å². The van der Waals surface area contributed by atoms with E-state index in [9.17, 15) is 4.79 Å². The Morgan fingerprint density at radius 3 is 2.56 bits per heavy atom. The van der Waals surface area contributed by atoms with Crippen LogP contribution in [0.2, 0.25) is 0 Å². The highest BCUT2D eigenvalue weighted by Crippen LogP contribution is 2.57. The molecule has 2 fully saturated rings. The van der Waals surface area contributed by atoms with Crippen LogP contribution in [-0.4, -0.2) is 33.0 Å². The number of carbonyl (C=O) groups excluding carboxylic acids is 1. The van der Waals surface area contributed by atoms with E-state index in [-0.39, 0.29) is 11.5 Å². The lowest BCUT2D eigenvalue weighted by Gasteiger charge is -2.57. The minimum atomic E-state index is -0.529. The van der Waals surface area contributed by atoms with Gasteiger partial charge in [0.25, 0.3) is 5.91 Å². The third-order valence-corrected chi connectivity index (χ3v) is 6.32. The van der Waals surface area contributed by atoms with Gasteiger partial charge in [-0.15, -0.1) is 0 Å². The Kier molecular flexibility index (Phi) is 4.94. The zero-order valence-electron chi connectivity index (χ0n) is 17.4. The number of nitrogens with zero attached hydrogens (tertiary/aromatic N) is 4. The van der Waals surface area contributed by atoms with E-state index in [4.69, 9.17) is 17.0 Å². The highest BCUT2D eigenvalue weighted by molar-refractivity contribution is 5.94. The number of carbonyl (C=O) groups is 1. The molecular weight excluding hydrogens is 404 g/mol. The summed E-state index contributed by atoms with van der Waals surface area (Å²) in [5, 5.41) is 3.40. The summed E-state index contributed by atoms with van der Waals surface area (Å²) in [6.45, 7) is 7.31. The zero-order chi connectivity index (χ0) is 22.1. The van der Waals surface area contributed by atoms with Crippen molar-refractivity contribution < 1.29 is 9.53 Å². The van der Waals surface area contributed by atoms with Gasteiger partial charge in [0.1, 0.15) is 11.7 Å². The number of aromatic nitrogens is 3. The van der Waals surface area contributed by atoms with E-state index < -0.39 is 5.91 Å². The number of anilines is 1. The van der Waals surface area contributed by atoms with E-state index in [1.54, 1.807) is 36.8 Å². The number of nitrogens with two attached hydrogens (primary N) is 1. The smallest absolute Gasteiger partial charge is 0.254 e. The lowest BCUT2D eigenvalue weighted by Crippen LogP contribution is -2.56. The molecule has 0 unspecified atom stereocenters. The normalized spacial score (nSPS) is 23.5. The zero-order valence-corrected chi connectivity index (χ0v) is 17.4. The molecule has 1 aromatic carbocycles. The lowest BCUT2D eigenvalue weighted by molar-refractivity contribution is -0.0760.